The normalized spacial score (nSPS) is 16.6. The van der Waals surface area contributed by atoms with Crippen LogP contribution in [0.4, 0.5) is 10.5 Å². The van der Waals surface area contributed by atoms with Crippen LogP contribution in [0.25, 0.3) is 0 Å². The number of rotatable bonds is 4. The molecule has 0 bridgehead atoms. The highest BCUT2D eigenvalue weighted by molar-refractivity contribution is 5.90. The smallest absolute Gasteiger partial charge is 0.321 e. The molecular weight excluding hydrogens is 282 g/mol. The van der Waals surface area contributed by atoms with Gasteiger partial charge in [-0.05, 0) is 33.9 Å². The maximum absolute atomic E-state index is 12.5. The SMILES string of the molecule is COCCn1nc(C)c(NC(=O)N2CCCN(C)CC2)c1C. The standard InChI is InChI=1S/C15H27N5O2/c1-12-14(13(2)20(17-12)10-11-22-4)16-15(21)19-7-5-6-18(3)8-9-19/h5-11H2,1-4H3,(H,16,21). The molecule has 0 aromatic carbocycles. The number of urea groups is 1. The molecule has 1 N–H and O–H groups in total. The molecule has 2 rings (SSSR count). The second-order valence-electron chi connectivity index (χ2n) is 5.84. The average molecular weight is 309 g/mol. The van der Waals surface area contributed by atoms with Gasteiger partial charge in [-0.3, -0.25) is 4.68 Å². The van der Waals surface area contributed by atoms with Crippen molar-refractivity contribution < 1.29 is 9.53 Å². The summed E-state index contributed by atoms with van der Waals surface area (Å²) in [5, 5.41) is 7.50. The molecule has 22 heavy (non-hydrogen) atoms. The summed E-state index contributed by atoms with van der Waals surface area (Å²) in [5.41, 5.74) is 2.63. The number of nitrogens with one attached hydrogen (secondary N) is 1. The van der Waals surface area contributed by atoms with Gasteiger partial charge in [0.2, 0.25) is 0 Å². The summed E-state index contributed by atoms with van der Waals surface area (Å²) in [4.78, 5) is 16.6. The van der Waals surface area contributed by atoms with Crippen molar-refractivity contribution >= 4 is 11.7 Å². The van der Waals surface area contributed by atoms with Gasteiger partial charge in [0.25, 0.3) is 0 Å². The average Bonchev–Trinajstić information content (AvgIpc) is 2.67. The first-order valence-corrected chi connectivity index (χ1v) is 7.80. The van der Waals surface area contributed by atoms with E-state index in [4.69, 9.17) is 4.74 Å². The number of methoxy groups -OCH3 is 1. The lowest BCUT2D eigenvalue weighted by molar-refractivity contribution is 0.182. The molecule has 7 nitrogen and oxygen atoms in total. The van der Waals surface area contributed by atoms with Crippen molar-refractivity contribution in [1.29, 1.82) is 0 Å². The third-order valence-corrected chi connectivity index (χ3v) is 4.13. The van der Waals surface area contributed by atoms with Crippen molar-refractivity contribution in [1.82, 2.24) is 19.6 Å². The number of aromatic nitrogens is 2. The molecule has 1 aromatic heterocycles. The Morgan fingerprint density at radius 1 is 1.27 bits per heavy atom. The molecular formula is C15H27N5O2. The number of nitrogens with zero attached hydrogens (tertiary/aromatic N) is 4. The highest BCUT2D eigenvalue weighted by Crippen LogP contribution is 2.20. The van der Waals surface area contributed by atoms with Gasteiger partial charge in [0.1, 0.15) is 0 Å². The Morgan fingerprint density at radius 3 is 2.77 bits per heavy atom. The quantitative estimate of drug-likeness (QED) is 0.911. The zero-order valence-electron chi connectivity index (χ0n) is 14.1. The second-order valence-corrected chi connectivity index (χ2v) is 5.84. The molecule has 0 spiro atoms. The van der Waals surface area contributed by atoms with E-state index in [-0.39, 0.29) is 6.03 Å². The summed E-state index contributed by atoms with van der Waals surface area (Å²) in [6.07, 6.45) is 1.01. The third-order valence-electron chi connectivity index (χ3n) is 4.13. The van der Waals surface area contributed by atoms with E-state index in [1.54, 1.807) is 7.11 Å². The Hall–Kier alpha value is -1.60. The minimum Gasteiger partial charge on any atom is -0.383 e. The molecule has 1 saturated heterocycles. The first-order chi connectivity index (χ1) is 10.5. The number of amides is 2. The number of likely N-dealkylation sites (N-methyl/N-ethyl adjacent to an activating group) is 1. The van der Waals surface area contributed by atoms with Gasteiger partial charge < -0.3 is 19.9 Å². The van der Waals surface area contributed by atoms with Crippen molar-refractivity contribution in [3.8, 4) is 0 Å². The van der Waals surface area contributed by atoms with Gasteiger partial charge in [-0.15, -0.1) is 0 Å². The summed E-state index contributed by atoms with van der Waals surface area (Å²) >= 11 is 0. The summed E-state index contributed by atoms with van der Waals surface area (Å²) in [5.74, 6) is 0. The number of carbonyl (C=O) groups excluding carboxylic acids is 1. The summed E-state index contributed by atoms with van der Waals surface area (Å²) in [7, 11) is 3.76. The van der Waals surface area contributed by atoms with Crippen molar-refractivity contribution in [3.63, 3.8) is 0 Å². The van der Waals surface area contributed by atoms with Crippen LogP contribution in [0.15, 0.2) is 0 Å². The van der Waals surface area contributed by atoms with Crippen LogP contribution in [0.3, 0.4) is 0 Å². The lowest BCUT2D eigenvalue weighted by Gasteiger charge is -2.21. The largest absolute Gasteiger partial charge is 0.383 e. The molecule has 2 heterocycles. The van der Waals surface area contributed by atoms with E-state index in [0.29, 0.717) is 13.2 Å². The number of aryl methyl sites for hydroxylation is 1. The summed E-state index contributed by atoms with van der Waals surface area (Å²) in [6.45, 7) is 8.70. The van der Waals surface area contributed by atoms with E-state index in [9.17, 15) is 4.79 Å². The maximum Gasteiger partial charge on any atom is 0.321 e. The monoisotopic (exact) mass is 309 g/mol. The van der Waals surface area contributed by atoms with Crippen LogP contribution < -0.4 is 5.32 Å². The minimum absolute atomic E-state index is 0.0345. The first kappa shape index (κ1) is 16.8. The molecule has 0 saturated carbocycles. The Kier molecular flexibility index (Phi) is 5.79. The molecule has 2 amide bonds. The maximum atomic E-state index is 12.5. The highest BCUT2D eigenvalue weighted by Gasteiger charge is 2.20. The molecule has 0 radical (unpaired) electrons. The molecule has 0 aliphatic carbocycles. The minimum atomic E-state index is -0.0345. The van der Waals surface area contributed by atoms with Gasteiger partial charge in [-0.1, -0.05) is 0 Å². The number of hydrogen-bond acceptors (Lipinski definition) is 4. The van der Waals surface area contributed by atoms with Crippen LogP contribution in [-0.2, 0) is 11.3 Å². The number of anilines is 1. The van der Waals surface area contributed by atoms with E-state index >= 15 is 0 Å². The zero-order valence-corrected chi connectivity index (χ0v) is 14.1. The lowest BCUT2D eigenvalue weighted by Crippen LogP contribution is -2.37. The van der Waals surface area contributed by atoms with Crippen molar-refractivity contribution in [2.45, 2.75) is 26.8 Å². The topological polar surface area (TPSA) is 62.6 Å². The van der Waals surface area contributed by atoms with Gasteiger partial charge in [0.05, 0.1) is 30.2 Å². The molecule has 7 heteroatoms. The Balaban J connectivity index is 2.03. The fraction of sp³-hybridized carbons (Fsp3) is 0.733. The molecule has 124 valence electrons. The molecule has 1 fully saturated rings. The van der Waals surface area contributed by atoms with E-state index in [1.807, 2.05) is 23.4 Å². The van der Waals surface area contributed by atoms with Gasteiger partial charge in [-0.2, -0.15) is 5.10 Å². The van der Waals surface area contributed by atoms with Crippen molar-refractivity contribution in [3.05, 3.63) is 11.4 Å². The van der Waals surface area contributed by atoms with Crippen LogP contribution in [0.5, 0.6) is 0 Å². The van der Waals surface area contributed by atoms with Crippen LogP contribution in [0.2, 0.25) is 0 Å². The Labute approximate surface area is 132 Å². The number of hydrogen-bond donors (Lipinski definition) is 1. The highest BCUT2D eigenvalue weighted by atomic mass is 16.5. The third kappa shape index (κ3) is 3.98. The number of carbonyl (C=O) groups is 1. The Bertz CT molecular complexity index is 514. The summed E-state index contributed by atoms with van der Waals surface area (Å²) < 4.78 is 6.97. The van der Waals surface area contributed by atoms with Gasteiger partial charge in [-0.25, -0.2) is 4.79 Å². The zero-order chi connectivity index (χ0) is 16.1. The van der Waals surface area contributed by atoms with Gasteiger partial charge in [0.15, 0.2) is 0 Å². The van der Waals surface area contributed by atoms with Crippen LogP contribution >= 0.6 is 0 Å². The fourth-order valence-electron chi connectivity index (χ4n) is 2.71. The molecule has 1 aliphatic rings. The van der Waals surface area contributed by atoms with Gasteiger partial charge >= 0.3 is 6.03 Å². The van der Waals surface area contributed by atoms with Crippen LogP contribution in [0, 0.1) is 13.8 Å². The van der Waals surface area contributed by atoms with Gasteiger partial charge in [0, 0.05) is 26.7 Å². The molecule has 1 aromatic rings. The van der Waals surface area contributed by atoms with E-state index in [1.165, 1.54) is 0 Å². The van der Waals surface area contributed by atoms with Crippen molar-refractivity contribution in [2.75, 3.05) is 52.3 Å². The van der Waals surface area contributed by atoms with Crippen LogP contribution in [-0.4, -0.2) is 72.6 Å². The Morgan fingerprint density at radius 2 is 2.05 bits per heavy atom. The lowest BCUT2D eigenvalue weighted by atomic mass is 10.3. The molecule has 0 atom stereocenters. The summed E-state index contributed by atoms with van der Waals surface area (Å²) in [6, 6.07) is -0.0345. The molecule has 1 aliphatic heterocycles. The van der Waals surface area contributed by atoms with E-state index in [2.05, 4.69) is 22.4 Å². The van der Waals surface area contributed by atoms with E-state index < -0.39 is 0 Å². The molecule has 0 unspecified atom stereocenters. The predicted octanol–water partition coefficient (Wildman–Crippen LogP) is 1.32. The second kappa shape index (κ2) is 7.60. The predicted molar refractivity (Wildman–Crippen MR) is 86.3 cm³/mol. The van der Waals surface area contributed by atoms with E-state index in [0.717, 1.165) is 49.7 Å². The fourth-order valence-corrected chi connectivity index (χ4v) is 2.71. The number of ether oxygens (including phenoxy) is 1. The van der Waals surface area contributed by atoms with Crippen molar-refractivity contribution in [2.24, 2.45) is 0 Å². The van der Waals surface area contributed by atoms with Crippen LogP contribution in [0.1, 0.15) is 17.8 Å². The first-order valence-electron chi connectivity index (χ1n) is 7.80.